The van der Waals surface area contributed by atoms with Crippen LogP contribution in [0.25, 0.3) is 22.8 Å². The Balaban J connectivity index is 0.000000156. The first-order chi connectivity index (χ1) is 13.0. The van der Waals surface area contributed by atoms with Gasteiger partial charge >= 0.3 is 11.5 Å². The van der Waals surface area contributed by atoms with Gasteiger partial charge in [-0.15, -0.1) is 0 Å². The van der Waals surface area contributed by atoms with Crippen LogP contribution >= 0.6 is 0 Å². The number of aromatic nitrogens is 4. The zero-order chi connectivity index (χ0) is 19.2. The molecular formula is C17H16N6O4. The van der Waals surface area contributed by atoms with E-state index in [0.29, 0.717) is 17.3 Å². The van der Waals surface area contributed by atoms with Crippen LogP contribution in [0, 0.1) is 0 Å². The standard InChI is InChI=1S/C9H9N3O2.C8H7N3O2/c1-10-7-4-2-3-6(5-7)8-11-9(13)14-12-8;9-6-3-1-2-5(4-6)7-10-8(12)13-11-7/h2-5,10H,1H3,(H,11,12,13);1-4H,9H2,(H,10,11,12). The molecule has 2 aromatic carbocycles. The fraction of sp³-hybridized carbons (Fsp3) is 0.0588. The molecule has 5 N–H and O–H groups in total. The molecule has 0 bridgehead atoms. The van der Waals surface area contributed by atoms with Crippen molar-refractivity contribution < 1.29 is 9.05 Å². The van der Waals surface area contributed by atoms with E-state index in [1.54, 1.807) is 24.3 Å². The molecule has 2 aromatic heterocycles. The summed E-state index contributed by atoms with van der Waals surface area (Å²) >= 11 is 0. The number of benzene rings is 2. The van der Waals surface area contributed by atoms with E-state index in [9.17, 15) is 9.59 Å². The predicted molar refractivity (Wildman–Crippen MR) is 99.1 cm³/mol. The quantitative estimate of drug-likeness (QED) is 0.398. The zero-order valence-electron chi connectivity index (χ0n) is 14.2. The molecule has 4 rings (SSSR count). The minimum Gasteiger partial charge on any atom is -0.399 e. The normalized spacial score (nSPS) is 10.1. The molecular weight excluding hydrogens is 352 g/mol. The average molecular weight is 368 g/mol. The maximum atomic E-state index is 10.7. The Morgan fingerprint density at radius 3 is 1.93 bits per heavy atom. The summed E-state index contributed by atoms with van der Waals surface area (Å²) in [5.74, 6) is -0.295. The van der Waals surface area contributed by atoms with E-state index in [4.69, 9.17) is 5.73 Å². The van der Waals surface area contributed by atoms with Crippen molar-refractivity contribution in [1.29, 1.82) is 0 Å². The number of H-pyrrole nitrogens is 2. The van der Waals surface area contributed by atoms with Crippen LogP contribution in [0.15, 0.2) is 67.2 Å². The smallest absolute Gasteiger partial charge is 0.399 e. The fourth-order valence-electron chi connectivity index (χ4n) is 2.22. The molecule has 0 amide bonds. The highest BCUT2D eigenvalue weighted by Crippen LogP contribution is 2.17. The number of nitrogens with two attached hydrogens (primary N) is 1. The van der Waals surface area contributed by atoms with Gasteiger partial charge in [0.2, 0.25) is 0 Å². The van der Waals surface area contributed by atoms with Gasteiger partial charge in [0, 0.05) is 29.5 Å². The highest BCUT2D eigenvalue weighted by molar-refractivity contribution is 5.61. The van der Waals surface area contributed by atoms with Gasteiger partial charge in [0.15, 0.2) is 11.6 Å². The molecule has 27 heavy (non-hydrogen) atoms. The molecule has 2 heterocycles. The number of rotatable bonds is 3. The van der Waals surface area contributed by atoms with Gasteiger partial charge in [-0.05, 0) is 24.3 Å². The number of hydrogen-bond acceptors (Lipinski definition) is 8. The minimum atomic E-state index is -0.572. The number of nitrogens with zero attached hydrogens (tertiary/aromatic N) is 2. The van der Waals surface area contributed by atoms with Crippen LogP contribution in [0.1, 0.15) is 0 Å². The summed E-state index contributed by atoms with van der Waals surface area (Å²) in [5.41, 5.74) is 8.65. The maximum Gasteiger partial charge on any atom is 0.439 e. The van der Waals surface area contributed by atoms with E-state index in [0.717, 1.165) is 16.8 Å². The molecule has 10 nitrogen and oxygen atoms in total. The Morgan fingerprint density at radius 1 is 0.889 bits per heavy atom. The van der Waals surface area contributed by atoms with Crippen molar-refractivity contribution in [2.24, 2.45) is 0 Å². The van der Waals surface area contributed by atoms with Crippen molar-refractivity contribution in [2.45, 2.75) is 0 Å². The van der Waals surface area contributed by atoms with Crippen LogP contribution < -0.4 is 22.6 Å². The molecule has 0 aliphatic carbocycles. The molecule has 0 spiro atoms. The van der Waals surface area contributed by atoms with Crippen LogP contribution in [0.4, 0.5) is 11.4 Å². The third-order valence-corrected chi connectivity index (χ3v) is 3.47. The minimum absolute atomic E-state index is 0.386. The van der Waals surface area contributed by atoms with Gasteiger partial charge in [-0.25, -0.2) is 9.59 Å². The second-order valence-electron chi connectivity index (χ2n) is 5.34. The Morgan fingerprint density at radius 2 is 1.44 bits per heavy atom. The van der Waals surface area contributed by atoms with E-state index >= 15 is 0 Å². The predicted octanol–water partition coefficient (Wildman–Crippen LogP) is 1.68. The van der Waals surface area contributed by atoms with Gasteiger partial charge in [0.1, 0.15) is 0 Å². The number of aromatic amines is 2. The molecule has 0 unspecified atom stereocenters. The molecule has 0 radical (unpaired) electrons. The van der Waals surface area contributed by atoms with Crippen molar-refractivity contribution in [2.75, 3.05) is 18.1 Å². The van der Waals surface area contributed by atoms with Crippen LogP contribution in [0.3, 0.4) is 0 Å². The lowest BCUT2D eigenvalue weighted by Crippen LogP contribution is -1.95. The number of anilines is 2. The van der Waals surface area contributed by atoms with Crippen molar-refractivity contribution in [3.8, 4) is 22.8 Å². The Bertz CT molecular complexity index is 1140. The number of nitrogen functional groups attached to an aromatic ring is 1. The summed E-state index contributed by atoms with van der Waals surface area (Å²) < 4.78 is 8.77. The lowest BCUT2D eigenvalue weighted by Gasteiger charge is -2.00. The van der Waals surface area contributed by atoms with Gasteiger partial charge < -0.3 is 11.1 Å². The monoisotopic (exact) mass is 368 g/mol. The SMILES string of the molecule is CNc1cccc(-c2noc(=O)[nH]2)c1.Nc1cccc(-c2noc(=O)[nH]2)c1. The second-order valence-corrected chi connectivity index (χ2v) is 5.34. The highest BCUT2D eigenvalue weighted by atomic mass is 16.5. The van der Waals surface area contributed by atoms with E-state index in [1.165, 1.54) is 0 Å². The average Bonchev–Trinajstić information content (AvgIpc) is 3.31. The summed E-state index contributed by atoms with van der Waals surface area (Å²) in [6, 6.07) is 14.5. The number of nitrogens with one attached hydrogen (secondary N) is 3. The molecule has 0 saturated carbocycles. The third kappa shape index (κ3) is 4.51. The summed E-state index contributed by atoms with van der Waals surface area (Å²) in [6.07, 6.45) is 0. The molecule has 0 aliphatic rings. The summed E-state index contributed by atoms with van der Waals surface area (Å²) in [7, 11) is 1.82. The fourth-order valence-corrected chi connectivity index (χ4v) is 2.22. The largest absolute Gasteiger partial charge is 0.439 e. The summed E-state index contributed by atoms with van der Waals surface area (Å²) in [4.78, 5) is 26.3. The van der Waals surface area contributed by atoms with Crippen molar-refractivity contribution >= 4 is 11.4 Å². The Hall–Kier alpha value is -4.08. The molecule has 0 aliphatic heterocycles. The molecule has 138 valence electrons. The van der Waals surface area contributed by atoms with Crippen LogP contribution in [0.2, 0.25) is 0 Å². The highest BCUT2D eigenvalue weighted by Gasteiger charge is 2.04. The van der Waals surface area contributed by atoms with Gasteiger partial charge in [0.25, 0.3) is 0 Å². The van der Waals surface area contributed by atoms with Crippen LogP contribution in [0.5, 0.6) is 0 Å². The van der Waals surface area contributed by atoms with Crippen molar-refractivity contribution in [1.82, 2.24) is 20.3 Å². The summed E-state index contributed by atoms with van der Waals surface area (Å²) in [5, 5.41) is 10.1. The van der Waals surface area contributed by atoms with Gasteiger partial charge in [-0.2, -0.15) is 0 Å². The first-order valence-electron chi connectivity index (χ1n) is 7.81. The first-order valence-corrected chi connectivity index (χ1v) is 7.81. The topological polar surface area (TPSA) is 156 Å². The molecule has 4 aromatic rings. The number of hydrogen-bond donors (Lipinski definition) is 4. The molecule has 0 fully saturated rings. The molecule has 0 atom stereocenters. The second kappa shape index (κ2) is 7.87. The zero-order valence-corrected chi connectivity index (χ0v) is 14.2. The lowest BCUT2D eigenvalue weighted by atomic mass is 10.2. The Kier molecular flexibility index (Phi) is 5.17. The van der Waals surface area contributed by atoms with Crippen LogP contribution in [-0.4, -0.2) is 27.3 Å². The third-order valence-electron chi connectivity index (χ3n) is 3.47. The van der Waals surface area contributed by atoms with E-state index in [2.05, 4.69) is 34.6 Å². The van der Waals surface area contributed by atoms with Gasteiger partial charge in [0.05, 0.1) is 0 Å². The van der Waals surface area contributed by atoms with E-state index in [1.807, 2.05) is 31.3 Å². The summed E-state index contributed by atoms with van der Waals surface area (Å²) in [6.45, 7) is 0. The lowest BCUT2D eigenvalue weighted by molar-refractivity contribution is 0.388. The Labute approximate surface area is 152 Å². The first kappa shape index (κ1) is 17.7. The van der Waals surface area contributed by atoms with Crippen molar-refractivity contribution in [3.05, 3.63) is 69.6 Å². The van der Waals surface area contributed by atoms with Crippen molar-refractivity contribution in [3.63, 3.8) is 0 Å². The van der Waals surface area contributed by atoms with E-state index in [-0.39, 0.29) is 0 Å². The van der Waals surface area contributed by atoms with Gasteiger partial charge in [-0.3, -0.25) is 19.0 Å². The van der Waals surface area contributed by atoms with E-state index < -0.39 is 11.5 Å². The maximum absolute atomic E-state index is 10.7. The van der Waals surface area contributed by atoms with Crippen LogP contribution in [-0.2, 0) is 0 Å². The van der Waals surface area contributed by atoms with Gasteiger partial charge in [-0.1, -0.05) is 34.6 Å². The molecule has 10 heteroatoms. The molecule has 0 saturated heterocycles.